The van der Waals surface area contributed by atoms with Crippen LogP contribution in [-0.4, -0.2) is 25.7 Å². The lowest BCUT2D eigenvalue weighted by Gasteiger charge is -2.25. The van der Waals surface area contributed by atoms with Crippen molar-refractivity contribution in [2.24, 2.45) is 11.8 Å². The molecule has 0 aromatic rings. The normalized spacial score (nSPS) is 24.3. The zero-order valence-electron chi connectivity index (χ0n) is 7.92. The fourth-order valence-corrected chi connectivity index (χ4v) is 1.95. The standard InChI is InChI=1S/C10H17NO2/c12-10(9-5-11-6-9)13-7-8-3-1-2-4-8/h8-9,11H,1-7H2. The first-order valence-corrected chi connectivity index (χ1v) is 5.23. The number of rotatable bonds is 3. The zero-order valence-corrected chi connectivity index (χ0v) is 7.92. The maximum Gasteiger partial charge on any atom is 0.311 e. The highest BCUT2D eigenvalue weighted by Gasteiger charge is 2.27. The van der Waals surface area contributed by atoms with E-state index in [1.807, 2.05) is 0 Å². The highest BCUT2D eigenvalue weighted by Crippen LogP contribution is 2.25. The Labute approximate surface area is 78.8 Å². The summed E-state index contributed by atoms with van der Waals surface area (Å²) in [4.78, 5) is 11.3. The number of carbonyl (C=O) groups is 1. The third kappa shape index (κ3) is 2.21. The van der Waals surface area contributed by atoms with E-state index in [1.165, 1.54) is 25.7 Å². The second-order valence-electron chi connectivity index (χ2n) is 4.14. The predicted molar refractivity (Wildman–Crippen MR) is 49.3 cm³/mol. The van der Waals surface area contributed by atoms with Gasteiger partial charge in [-0.05, 0) is 18.8 Å². The van der Waals surface area contributed by atoms with Crippen LogP contribution in [0.1, 0.15) is 25.7 Å². The minimum Gasteiger partial charge on any atom is -0.465 e. The summed E-state index contributed by atoms with van der Waals surface area (Å²) in [6.07, 6.45) is 5.12. The van der Waals surface area contributed by atoms with Crippen molar-refractivity contribution in [3.05, 3.63) is 0 Å². The Hall–Kier alpha value is -0.570. The van der Waals surface area contributed by atoms with Gasteiger partial charge in [-0.2, -0.15) is 0 Å². The number of esters is 1. The van der Waals surface area contributed by atoms with E-state index in [4.69, 9.17) is 4.74 Å². The van der Waals surface area contributed by atoms with Gasteiger partial charge in [0.05, 0.1) is 12.5 Å². The molecule has 1 heterocycles. The Morgan fingerprint density at radius 3 is 2.54 bits per heavy atom. The van der Waals surface area contributed by atoms with Crippen molar-refractivity contribution < 1.29 is 9.53 Å². The summed E-state index contributed by atoms with van der Waals surface area (Å²) in [6.45, 7) is 2.28. The molecule has 1 saturated heterocycles. The molecule has 3 nitrogen and oxygen atoms in total. The molecule has 1 aliphatic heterocycles. The average Bonchev–Trinajstić information content (AvgIpc) is 2.49. The smallest absolute Gasteiger partial charge is 0.311 e. The predicted octanol–water partition coefficient (Wildman–Crippen LogP) is 0.939. The summed E-state index contributed by atoms with van der Waals surface area (Å²) in [6, 6.07) is 0. The SMILES string of the molecule is O=C(OCC1CCCC1)C1CNC1. The fourth-order valence-electron chi connectivity index (χ4n) is 1.95. The molecule has 0 spiro atoms. The minimum atomic E-state index is 0.00523. The molecule has 2 fully saturated rings. The van der Waals surface area contributed by atoms with E-state index < -0.39 is 0 Å². The van der Waals surface area contributed by atoms with Crippen LogP contribution in [0.3, 0.4) is 0 Å². The number of hydrogen-bond donors (Lipinski definition) is 1. The summed E-state index contributed by atoms with van der Waals surface area (Å²) in [5.74, 6) is 0.795. The summed E-state index contributed by atoms with van der Waals surface area (Å²) in [5, 5.41) is 3.07. The molecule has 2 aliphatic rings. The minimum absolute atomic E-state index is 0.00523. The van der Waals surface area contributed by atoms with Crippen molar-refractivity contribution in [3.63, 3.8) is 0 Å². The molecule has 0 radical (unpaired) electrons. The molecule has 0 aromatic carbocycles. The van der Waals surface area contributed by atoms with Crippen LogP contribution in [0.25, 0.3) is 0 Å². The molecule has 2 rings (SSSR count). The number of ether oxygens (including phenoxy) is 1. The number of nitrogens with one attached hydrogen (secondary N) is 1. The van der Waals surface area contributed by atoms with Crippen LogP contribution in [-0.2, 0) is 9.53 Å². The van der Waals surface area contributed by atoms with Gasteiger partial charge in [0.25, 0.3) is 0 Å². The van der Waals surface area contributed by atoms with Gasteiger partial charge < -0.3 is 10.1 Å². The topological polar surface area (TPSA) is 38.3 Å². The Morgan fingerprint density at radius 1 is 1.31 bits per heavy atom. The molecule has 1 N–H and O–H groups in total. The van der Waals surface area contributed by atoms with Gasteiger partial charge in [0.2, 0.25) is 0 Å². The second kappa shape index (κ2) is 4.09. The largest absolute Gasteiger partial charge is 0.465 e. The van der Waals surface area contributed by atoms with E-state index in [0.29, 0.717) is 12.5 Å². The highest BCUT2D eigenvalue weighted by molar-refractivity contribution is 5.73. The van der Waals surface area contributed by atoms with Crippen LogP contribution >= 0.6 is 0 Å². The van der Waals surface area contributed by atoms with Gasteiger partial charge in [-0.1, -0.05) is 12.8 Å². The van der Waals surface area contributed by atoms with Gasteiger partial charge in [-0.3, -0.25) is 4.79 Å². The average molecular weight is 183 g/mol. The van der Waals surface area contributed by atoms with Gasteiger partial charge in [0, 0.05) is 13.1 Å². The van der Waals surface area contributed by atoms with Crippen molar-refractivity contribution >= 4 is 5.97 Å². The maximum atomic E-state index is 11.3. The van der Waals surface area contributed by atoms with Gasteiger partial charge in [-0.15, -0.1) is 0 Å². The van der Waals surface area contributed by atoms with E-state index in [2.05, 4.69) is 5.32 Å². The van der Waals surface area contributed by atoms with E-state index in [0.717, 1.165) is 13.1 Å². The van der Waals surface area contributed by atoms with Crippen molar-refractivity contribution in [2.45, 2.75) is 25.7 Å². The molecule has 0 atom stereocenters. The second-order valence-corrected chi connectivity index (χ2v) is 4.14. The molecule has 0 aromatic heterocycles. The molecular weight excluding hydrogens is 166 g/mol. The van der Waals surface area contributed by atoms with Crippen molar-refractivity contribution in [1.82, 2.24) is 5.32 Å². The Bertz CT molecular complexity index is 183. The monoisotopic (exact) mass is 183 g/mol. The van der Waals surface area contributed by atoms with Crippen LogP contribution in [0.4, 0.5) is 0 Å². The summed E-state index contributed by atoms with van der Waals surface area (Å²) >= 11 is 0. The molecule has 1 saturated carbocycles. The summed E-state index contributed by atoms with van der Waals surface area (Å²) < 4.78 is 5.25. The van der Waals surface area contributed by atoms with Crippen molar-refractivity contribution in [1.29, 1.82) is 0 Å². The maximum absolute atomic E-state index is 11.3. The molecule has 3 heteroatoms. The number of carbonyl (C=O) groups excluding carboxylic acids is 1. The van der Waals surface area contributed by atoms with Gasteiger partial charge in [0.15, 0.2) is 0 Å². The summed E-state index contributed by atoms with van der Waals surface area (Å²) in [5.41, 5.74) is 0. The number of hydrogen-bond acceptors (Lipinski definition) is 3. The van der Waals surface area contributed by atoms with Crippen molar-refractivity contribution in [2.75, 3.05) is 19.7 Å². The van der Waals surface area contributed by atoms with Gasteiger partial charge >= 0.3 is 5.97 Å². The van der Waals surface area contributed by atoms with E-state index >= 15 is 0 Å². The Balaban J connectivity index is 1.63. The Morgan fingerprint density at radius 2 is 2.00 bits per heavy atom. The fraction of sp³-hybridized carbons (Fsp3) is 0.900. The first-order chi connectivity index (χ1) is 6.36. The summed E-state index contributed by atoms with van der Waals surface area (Å²) in [7, 11) is 0. The lowest BCUT2D eigenvalue weighted by molar-refractivity contribution is -0.151. The van der Waals surface area contributed by atoms with Gasteiger partial charge in [-0.25, -0.2) is 0 Å². The molecule has 13 heavy (non-hydrogen) atoms. The Kier molecular flexibility index (Phi) is 2.83. The first kappa shape index (κ1) is 9.00. The van der Waals surface area contributed by atoms with Crippen molar-refractivity contribution in [3.8, 4) is 0 Å². The quantitative estimate of drug-likeness (QED) is 0.662. The molecule has 0 amide bonds. The molecular formula is C10H17NO2. The van der Waals surface area contributed by atoms with Crippen LogP contribution in [0.2, 0.25) is 0 Å². The van der Waals surface area contributed by atoms with E-state index in [-0.39, 0.29) is 11.9 Å². The van der Waals surface area contributed by atoms with E-state index in [1.54, 1.807) is 0 Å². The third-order valence-electron chi connectivity index (χ3n) is 3.05. The zero-order chi connectivity index (χ0) is 9.10. The molecule has 0 unspecified atom stereocenters. The van der Waals surface area contributed by atoms with Crippen LogP contribution < -0.4 is 5.32 Å². The van der Waals surface area contributed by atoms with E-state index in [9.17, 15) is 4.79 Å². The third-order valence-corrected chi connectivity index (χ3v) is 3.05. The van der Waals surface area contributed by atoms with Gasteiger partial charge in [0.1, 0.15) is 0 Å². The van der Waals surface area contributed by atoms with Crippen LogP contribution in [0.5, 0.6) is 0 Å². The highest BCUT2D eigenvalue weighted by atomic mass is 16.5. The molecule has 0 bridgehead atoms. The van der Waals surface area contributed by atoms with Crippen LogP contribution in [0.15, 0.2) is 0 Å². The lowest BCUT2D eigenvalue weighted by Crippen LogP contribution is -2.47. The molecule has 1 aliphatic carbocycles. The molecule has 74 valence electrons. The van der Waals surface area contributed by atoms with Crippen LogP contribution in [0, 0.1) is 11.8 Å². The lowest BCUT2D eigenvalue weighted by atomic mass is 10.0. The first-order valence-electron chi connectivity index (χ1n) is 5.23.